The van der Waals surface area contributed by atoms with Crippen LogP contribution in [0.4, 0.5) is 0 Å². The predicted molar refractivity (Wildman–Crippen MR) is 111 cm³/mol. The Balaban J connectivity index is 1.74. The average Bonchev–Trinajstić information content (AvgIpc) is 2.76. The van der Waals surface area contributed by atoms with E-state index in [0.29, 0.717) is 19.0 Å². The van der Waals surface area contributed by atoms with Gasteiger partial charge in [0.15, 0.2) is 6.61 Å². The topological polar surface area (TPSA) is 74.3 Å². The molecule has 2 aromatic carbocycles. The second-order valence-corrected chi connectivity index (χ2v) is 6.31. The molecule has 0 radical (unpaired) electrons. The van der Waals surface area contributed by atoms with Crippen LogP contribution in [0.2, 0.25) is 0 Å². The van der Waals surface area contributed by atoms with Crippen LogP contribution in [-0.2, 0) is 37.3 Å². The van der Waals surface area contributed by atoms with Gasteiger partial charge in [-0.1, -0.05) is 48.5 Å². The molecular weight excluding hydrogens is 386 g/mol. The van der Waals surface area contributed by atoms with Crippen LogP contribution in [0.25, 0.3) is 0 Å². The molecule has 0 fully saturated rings. The van der Waals surface area contributed by atoms with Crippen molar-refractivity contribution in [3.63, 3.8) is 0 Å². The van der Waals surface area contributed by atoms with Gasteiger partial charge in [0.2, 0.25) is 0 Å². The van der Waals surface area contributed by atoms with Gasteiger partial charge in [0.25, 0.3) is 5.91 Å². The number of hydrogen-bond donors (Lipinski definition) is 0. The molecule has 30 heavy (non-hydrogen) atoms. The van der Waals surface area contributed by atoms with Gasteiger partial charge >= 0.3 is 5.97 Å². The number of benzene rings is 2. The highest BCUT2D eigenvalue weighted by atomic mass is 17.2. The first-order chi connectivity index (χ1) is 14.6. The summed E-state index contributed by atoms with van der Waals surface area (Å²) < 4.78 is 10.4. The molecule has 0 aromatic heterocycles. The summed E-state index contributed by atoms with van der Waals surface area (Å²) in [6.07, 6.45) is 1.55. The Hall–Kier alpha value is -3.16. The molecule has 2 rings (SSSR count). The normalized spacial score (nSPS) is 10.3. The Morgan fingerprint density at radius 1 is 0.967 bits per heavy atom. The van der Waals surface area contributed by atoms with Crippen molar-refractivity contribution in [3.05, 3.63) is 78.4 Å². The monoisotopic (exact) mass is 413 g/mol. The highest BCUT2D eigenvalue weighted by Crippen LogP contribution is 2.13. The van der Waals surface area contributed by atoms with E-state index in [2.05, 4.69) is 6.58 Å². The minimum Gasteiger partial charge on any atom is -0.484 e. The Labute approximate surface area is 176 Å². The quantitative estimate of drug-likeness (QED) is 0.165. The summed E-state index contributed by atoms with van der Waals surface area (Å²) in [5.74, 6) is -0.261. The van der Waals surface area contributed by atoms with Crippen molar-refractivity contribution in [3.8, 4) is 5.75 Å². The van der Waals surface area contributed by atoms with Crippen molar-refractivity contribution in [1.29, 1.82) is 0 Å². The SMILES string of the molecule is C=CCN(CC(=O)OCC)C(=O)COc1ccc(COOCc2ccccc2)cc1. The van der Waals surface area contributed by atoms with Gasteiger partial charge in [-0.3, -0.25) is 9.59 Å². The van der Waals surface area contributed by atoms with Gasteiger partial charge in [-0.05, 0) is 30.2 Å². The van der Waals surface area contributed by atoms with E-state index in [9.17, 15) is 9.59 Å². The summed E-state index contributed by atoms with van der Waals surface area (Å²) in [6, 6.07) is 16.9. The van der Waals surface area contributed by atoms with E-state index in [0.717, 1.165) is 11.1 Å². The molecule has 2 aromatic rings. The summed E-state index contributed by atoms with van der Waals surface area (Å²) in [5, 5.41) is 0. The first kappa shape index (κ1) is 23.1. The van der Waals surface area contributed by atoms with Crippen LogP contribution in [0.1, 0.15) is 18.1 Å². The fourth-order valence-electron chi connectivity index (χ4n) is 2.48. The van der Waals surface area contributed by atoms with Crippen molar-refractivity contribution in [2.45, 2.75) is 20.1 Å². The maximum atomic E-state index is 12.3. The molecule has 0 unspecified atom stereocenters. The van der Waals surface area contributed by atoms with E-state index in [4.69, 9.17) is 19.2 Å². The lowest BCUT2D eigenvalue weighted by Gasteiger charge is -2.20. The number of rotatable bonds is 13. The highest BCUT2D eigenvalue weighted by Gasteiger charge is 2.17. The fraction of sp³-hybridized carbons (Fsp3) is 0.304. The molecule has 0 heterocycles. The zero-order valence-electron chi connectivity index (χ0n) is 17.1. The molecule has 0 atom stereocenters. The Morgan fingerprint density at radius 3 is 2.20 bits per heavy atom. The van der Waals surface area contributed by atoms with Gasteiger partial charge < -0.3 is 14.4 Å². The molecule has 0 spiro atoms. The third-order valence-corrected chi connectivity index (χ3v) is 3.99. The number of amides is 1. The lowest BCUT2D eigenvalue weighted by atomic mass is 10.2. The van der Waals surface area contributed by atoms with Crippen LogP contribution in [0.3, 0.4) is 0 Å². The van der Waals surface area contributed by atoms with Gasteiger partial charge in [-0.15, -0.1) is 6.58 Å². The van der Waals surface area contributed by atoms with Gasteiger partial charge in [0.1, 0.15) is 25.5 Å². The Morgan fingerprint density at radius 2 is 1.60 bits per heavy atom. The minimum absolute atomic E-state index is 0.138. The number of hydrogen-bond acceptors (Lipinski definition) is 6. The third kappa shape index (κ3) is 8.46. The van der Waals surface area contributed by atoms with Crippen LogP contribution < -0.4 is 4.74 Å². The molecule has 7 heteroatoms. The standard InChI is InChI=1S/C23H27NO6/c1-3-14-24(15-23(26)27-4-2)22(25)18-28-21-12-10-20(11-13-21)17-30-29-16-19-8-6-5-7-9-19/h3,5-13H,1,4,14-18H2,2H3. The van der Waals surface area contributed by atoms with E-state index in [-0.39, 0.29) is 32.2 Å². The van der Waals surface area contributed by atoms with Crippen molar-refractivity contribution < 1.29 is 28.8 Å². The van der Waals surface area contributed by atoms with Crippen LogP contribution in [0.15, 0.2) is 67.3 Å². The molecule has 0 aliphatic carbocycles. The van der Waals surface area contributed by atoms with E-state index >= 15 is 0 Å². The van der Waals surface area contributed by atoms with Crippen molar-refractivity contribution >= 4 is 11.9 Å². The van der Waals surface area contributed by atoms with Gasteiger partial charge in [-0.25, -0.2) is 9.78 Å². The van der Waals surface area contributed by atoms with E-state index < -0.39 is 5.97 Å². The van der Waals surface area contributed by atoms with Gasteiger partial charge in [0.05, 0.1) is 6.61 Å². The fourth-order valence-corrected chi connectivity index (χ4v) is 2.48. The number of ether oxygens (including phenoxy) is 2. The first-order valence-corrected chi connectivity index (χ1v) is 9.66. The molecule has 0 aliphatic heterocycles. The van der Waals surface area contributed by atoms with Gasteiger partial charge in [-0.2, -0.15) is 0 Å². The summed E-state index contributed by atoms with van der Waals surface area (Å²) in [5.41, 5.74) is 1.93. The van der Waals surface area contributed by atoms with Crippen molar-refractivity contribution in [1.82, 2.24) is 4.90 Å². The number of nitrogens with zero attached hydrogens (tertiary/aromatic N) is 1. The van der Waals surface area contributed by atoms with Crippen LogP contribution in [0, 0.1) is 0 Å². The van der Waals surface area contributed by atoms with Crippen molar-refractivity contribution in [2.24, 2.45) is 0 Å². The first-order valence-electron chi connectivity index (χ1n) is 9.66. The van der Waals surface area contributed by atoms with Crippen LogP contribution in [-0.4, -0.2) is 43.1 Å². The van der Waals surface area contributed by atoms with E-state index in [1.165, 1.54) is 4.90 Å². The maximum absolute atomic E-state index is 12.3. The zero-order chi connectivity index (χ0) is 21.6. The smallest absolute Gasteiger partial charge is 0.325 e. The van der Waals surface area contributed by atoms with E-state index in [1.807, 2.05) is 42.5 Å². The number of carbonyl (C=O) groups excluding carboxylic acids is 2. The third-order valence-electron chi connectivity index (χ3n) is 3.99. The van der Waals surface area contributed by atoms with E-state index in [1.54, 1.807) is 25.1 Å². The zero-order valence-corrected chi connectivity index (χ0v) is 17.1. The minimum atomic E-state index is -0.466. The van der Waals surface area contributed by atoms with Gasteiger partial charge in [0, 0.05) is 6.54 Å². The number of carbonyl (C=O) groups is 2. The molecule has 0 saturated carbocycles. The molecule has 0 aliphatic rings. The molecule has 0 saturated heterocycles. The second kappa shape index (κ2) is 13.1. The molecule has 1 amide bonds. The summed E-state index contributed by atoms with van der Waals surface area (Å²) in [7, 11) is 0. The predicted octanol–water partition coefficient (Wildman–Crippen LogP) is 3.29. The Kier molecular flexibility index (Phi) is 10.1. The lowest BCUT2D eigenvalue weighted by molar-refractivity contribution is -0.313. The molecule has 0 bridgehead atoms. The lowest BCUT2D eigenvalue weighted by Crippen LogP contribution is -2.39. The highest BCUT2D eigenvalue weighted by molar-refractivity contribution is 5.83. The average molecular weight is 413 g/mol. The molecule has 7 nitrogen and oxygen atoms in total. The van der Waals surface area contributed by atoms with Crippen LogP contribution >= 0.6 is 0 Å². The molecular formula is C23H27NO6. The Bertz CT molecular complexity index is 791. The maximum Gasteiger partial charge on any atom is 0.325 e. The number of esters is 1. The summed E-state index contributed by atoms with van der Waals surface area (Å²) in [6.45, 7) is 6.15. The van der Waals surface area contributed by atoms with Crippen molar-refractivity contribution in [2.75, 3.05) is 26.3 Å². The summed E-state index contributed by atoms with van der Waals surface area (Å²) >= 11 is 0. The van der Waals surface area contributed by atoms with Crippen LogP contribution in [0.5, 0.6) is 5.75 Å². The summed E-state index contributed by atoms with van der Waals surface area (Å²) in [4.78, 5) is 35.7. The largest absolute Gasteiger partial charge is 0.484 e. The molecule has 160 valence electrons. The molecule has 0 N–H and O–H groups in total. The second-order valence-electron chi connectivity index (χ2n) is 6.31.